The van der Waals surface area contributed by atoms with Crippen molar-refractivity contribution in [3.8, 4) is 0 Å². The lowest BCUT2D eigenvalue weighted by atomic mass is 10.3. The number of rotatable bonds is 6. The summed E-state index contributed by atoms with van der Waals surface area (Å²) in [5.41, 5.74) is 1.07. The van der Waals surface area contributed by atoms with Crippen molar-refractivity contribution in [1.82, 2.24) is 4.90 Å². The van der Waals surface area contributed by atoms with E-state index in [-0.39, 0.29) is 0 Å². The molecule has 1 aliphatic heterocycles. The van der Waals surface area contributed by atoms with Gasteiger partial charge in [-0.15, -0.1) is 0 Å². The summed E-state index contributed by atoms with van der Waals surface area (Å²) >= 11 is 0. The zero-order valence-corrected chi connectivity index (χ0v) is 10.1. The van der Waals surface area contributed by atoms with Gasteiger partial charge in [-0.25, -0.2) is 0 Å². The summed E-state index contributed by atoms with van der Waals surface area (Å²) in [5, 5.41) is 0. The molecule has 0 N–H and O–H groups in total. The van der Waals surface area contributed by atoms with E-state index in [0.717, 1.165) is 38.4 Å². The maximum Gasteiger partial charge on any atom is 0.112 e. The van der Waals surface area contributed by atoms with E-state index in [2.05, 4.69) is 18.1 Å². The number of morpholine rings is 1. The molecule has 0 saturated carbocycles. The number of ether oxygens (including phenoxy) is 2. The van der Waals surface area contributed by atoms with Gasteiger partial charge in [0.25, 0.3) is 0 Å². The highest BCUT2D eigenvalue weighted by atomic mass is 16.5. The van der Waals surface area contributed by atoms with Gasteiger partial charge in [0, 0.05) is 19.6 Å². The minimum Gasteiger partial charge on any atom is -0.493 e. The molecule has 0 unspecified atom stereocenters. The number of hydrogen-bond donors (Lipinski definition) is 0. The molecule has 90 valence electrons. The van der Waals surface area contributed by atoms with Gasteiger partial charge >= 0.3 is 0 Å². The Labute approximate surface area is 98.0 Å². The van der Waals surface area contributed by atoms with Crippen LogP contribution in [-0.4, -0.2) is 44.4 Å². The number of nitrogens with zero attached hydrogens (tertiary/aromatic N) is 1. The highest BCUT2D eigenvalue weighted by Gasteiger charge is 2.09. The third-order valence-electron chi connectivity index (χ3n) is 2.51. The maximum absolute atomic E-state index is 5.52. The lowest BCUT2D eigenvalue weighted by Crippen LogP contribution is -2.38. The molecule has 0 radical (unpaired) electrons. The SMILES string of the molecule is C=C/C(C)=C\C(=C)OCCN1CCOCC1. The topological polar surface area (TPSA) is 21.7 Å². The summed E-state index contributed by atoms with van der Waals surface area (Å²) in [6, 6.07) is 0. The molecule has 1 heterocycles. The summed E-state index contributed by atoms with van der Waals surface area (Å²) in [7, 11) is 0. The minimum atomic E-state index is 0.680. The first-order valence-corrected chi connectivity index (χ1v) is 5.65. The zero-order chi connectivity index (χ0) is 11.8. The maximum atomic E-state index is 5.52. The molecule has 0 spiro atoms. The summed E-state index contributed by atoms with van der Waals surface area (Å²) in [4.78, 5) is 2.33. The summed E-state index contributed by atoms with van der Waals surface area (Å²) in [6.45, 7) is 14.8. The summed E-state index contributed by atoms with van der Waals surface area (Å²) in [6.07, 6.45) is 3.68. The van der Waals surface area contributed by atoms with Crippen molar-refractivity contribution in [2.75, 3.05) is 39.5 Å². The molecule has 1 aliphatic rings. The Hall–Kier alpha value is -1.06. The van der Waals surface area contributed by atoms with Crippen LogP contribution >= 0.6 is 0 Å². The van der Waals surface area contributed by atoms with Crippen molar-refractivity contribution in [3.05, 3.63) is 36.6 Å². The molecule has 1 saturated heterocycles. The minimum absolute atomic E-state index is 0.680. The van der Waals surface area contributed by atoms with E-state index in [9.17, 15) is 0 Å². The molecule has 0 aliphatic carbocycles. The zero-order valence-electron chi connectivity index (χ0n) is 10.1. The van der Waals surface area contributed by atoms with Gasteiger partial charge in [0.05, 0.1) is 13.2 Å². The van der Waals surface area contributed by atoms with Crippen molar-refractivity contribution in [3.63, 3.8) is 0 Å². The van der Waals surface area contributed by atoms with Crippen LogP contribution in [0.4, 0.5) is 0 Å². The van der Waals surface area contributed by atoms with Gasteiger partial charge < -0.3 is 9.47 Å². The molecular formula is C13H21NO2. The first-order valence-electron chi connectivity index (χ1n) is 5.65. The Bertz CT molecular complexity index is 265. The van der Waals surface area contributed by atoms with Crippen LogP contribution in [-0.2, 0) is 9.47 Å². The summed E-state index contributed by atoms with van der Waals surface area (Å²) in [5.74, 6) is 0.700. The van der Waals surface area contributed by atoms with Crippen LogP contribution in [0.5, 0.6) is 0 Å². The Morgan fingerprint density at radius 1 is 1.44 bits per heavy atom. The summed E-state index contributed by atoms with van der Waals surface area (Å²) < 4.78 is 10.8. The largest absolute Gasteiger partial charge is 0.493 e. The second-order valence-electron chi connectivity index (χ2n) is 3.86. The van der Waals surface area contributed by atoms with Crippen LogP contribution in [0, 0.1) is 0 Å². The van der Waals surface area contributed by atoms with E-state index < -0.39 is 0 Å². The van der Waals surface area contributed by atoms with Crippen LogP contribution in [0.25, 0.3) is 0 Å². The molecule has 0 atom stereocenters. The van der Waals surface area contributed by atoms with Crippen molar-refractivity contribution >= 4 is 0 Å². The fourth-order valence-electron chi connectivity index (χ4n) is 1.49. The molecule has 16 heavy (non-hydrogen) atoms. The fraction of sp³-hybridized carbons (Fsp3) is 0.538. The smallest absolute Gasteiger partial charge is 0.112 e. The third kappa shape index (κ3) is 5.14. The molecule has 0 bridgehead atoms. The van der Waals surface area contributed by atoms with E-state index >= 15 is 0 Å². The highest BCUT2D eigenvalue weighted by molar-refractivity contribution is 5.22. The first-order chi connectivity index (χ1) is 7.72. The van der Waals surface area contributed by atoms with Gasteiger partial charge in [-0.2, -0.15) is 0 Å². The van der Waals surface area contributed by atoms with E-state index in [4.69, 9.17) is 9.47 Å². The van der Waals surface area contributed by atoms with Crippen molar-refractivity contribution in [1.29, 1.82) is 0 Å². The van der Waals surface area contributed by atoms with Crippen LogP contribution < -0.4 is 0 Å². The number of allylic oxidation sites excluding steroid dienone is 3. The van der Waals surface area contributed by atoms with Gasteiger partial charge in [-0.1, -0.05) is 19.2 Å². The molecule has 1 rings (SSSR count). The van der Waals surface area contributed by atoms with Crippen LogP contribution in [0.3, 0.4) is 0 Å². The van der Waals surface area contributed by atoms with Gasteiger partial charge in [-0.3, -0.25) is 4.90 Å². The Morgan fingerprint density at radius 3 is 2.75 bits per heavy atom. The van der Waals surface area contributed by atoms with E-state index in [1.165, 1.54) is 0 Å². The second kappa shape index (κ2) is 7.25. The monoisotopic (exact) mass is 223 g/mol. The lowest BCUT2D eigenvalue weighted by Gasteiger charge is -2.26. The van der Waals surface area contributed by atoms with Crippen LogP contribution in [0.2, 0.25) is 0 Å². The Morgan fingerprint density at radius 2 is 2.12 bits per heavy atom. The van der Waals surface area contributed by atoms with Gasteiger partial charge in [-0.05, 0) is 18.6 Å². The predicted octanol–water partition coefficient (Wildman–Crippen LogP) is 1.98. The molecule has 3 nitrogen and oxygen atoms in total. The van der Waals surface area contributed by atoms with Crippen LogP contribution in [0.1, 0.15) is 6.92 Å². The van der Waals surface area contributed by atoms with Gasteiger partial charge in [0.1, 0.15) is 12.4 Å². The lowest BCUT2D eigenvalue weighted by molar-refractivity contribution is 0.0282. The Kier molecular flexibility index (Phi) is 5.90. The van der Waals surface area contributed by atoms with E-state index in [1.54, 1.807) is 6.08 Å². The average molecular weight is 223 g/mol. The predicted molar refractivity (Wildman–Crippen MR) is 66.3 cm³/mol. The molecule has 0 aromatic carbocycles. The molecule has 0 aromatic heterocycles. The standard InChI is InChI=1S/C13H21NO2/c1-4-12(2)11-13(3)16-10-7-14-5-8-15-9-6-14/h4,11H,1,3,5-10H2,2H3/b12-11-. The van der Waals surface area contributed by atoms with Crippen molar-refractivity contribution in [2.24, 2.45) is 0 Å². The molecular weight excluding hydrogens is 202 g/mol. The van der Waals surface area contributed by atoms with Crippen molar-refractivity contribution < 1.29 is 9.47 Å². The third-order valence-corrected chi connectivity index (χ3v) is 2.51. The number of hydrogen-bond acceptors (Lipinski definition) is 3. The second-order valence-corrected chi connectivity index (χ2v) is 3.86. The normalized spacial score (nSPS) is 18.2. The fourth-order valence-corrected chi connectivity index (χ4v) is 1.49. The molecule has 0 amide bonds. The molecule has 1 fully saturated rings. The van der Waals surface area contributed by atoms with E-state index in [0.29, 0.717) is 12.4 Å². The first kappa shape index (κ1) is 13.0. The average Bonchev–Trinajstić information content (AvgIpc) is 2.30. The van der Waals surface area contributed by atoms with Gasteiger partial charge in [0.15, 0.2) is 0 Å². The highest BCUT2D eigenvalue weighted by Crippen LogP contribution is 2.03. The molecule has 0 aromatic rings. The van der Waals surface area contributed by atoms with Gasteiger partial charge in [0.2, 0.25) is 0 Å². The quantitative estimate of drug-likeness (QED) is 0.507. The van der Waals surface area contributed by atoms with E-state index in [1.807, 2.05) is 13.0 Å². The Balaban J connectivity index is 2.14. The van der Waals surface area contributed by atoms with Crippen LogP contribution in [0.15, 0.2) is 36.6 Å². The van der Waals surface area contributed by atoms with Crippen molar-refractivity contribution in [2.45, 2.75) is 6.92 Å². The molecule has 3 heteroatoms.